The molecule has 2 N–H and O–H groups in total. The quantitative estimate of drug-likeness (QED) is 0.895. The first kappa shape index (κ1) is 17.9. The lowest BCUT2D eigenvalue weighted by Crippen LogP contribution is -2.39. The molecule has 2 aliphatic rings. The van der Waals surface area contributed by atoms with Crippen molar-refractivity contribution in [1.82, 2.24) is 15.0 Å². The lowest BCUT2D eigenvalue weighted by atomic mass is 9.98. The summed E-state index contributed by atoms with van der Waals surface area (Å²) in [4.78, 5) is 19.0. The van der Waals surface area contributed by atoms with Crippen LogP contribution in [0.25, 0.3) is 0 Å². The van der Waals surface area contributed by atoms with Crippen molar-refractivity contribution in [2.24, 2.45) is 5.73 Å². The van der Waals surface area contributed by atoms with Crippen molar-refractivity contribution in [1.29, 1.82) is 0 Å². The number of nitrogens with zero attached hydrogens (tertiary/aromatic N) is 3. The Balaban J connectivity index is 0.00000182. The third-order valence-electron chi connectivity index (χ3n) is 5.16. The van der Waals surface area contributed by atoms with Gasteiger partial charge >= 0.3 is 0 Å². The number of piperidine rings is 1. The van der Waals surface area contributed by atoms with Gasteiger partial charge in [-0.3, -0.25) is 4.79 Å². The van der Waals surface area contributed by atoms with E-state index in [1.165, 1.54) is 6.26 Å². The van der Waals surface area contributed by atoms with Crippen LogP contribution in [0.5, 0.6) is 0 Å². The molecule has 2 fully saturated rings. The van der Waals surface area contributed by atoms with Crippen LogP contribution in [-0.2, 0) is 5.54 Å². The van der Waals surface area contributed by atoms with Crippen molar-refractivity contribution >= 4 is 18.3 Å². The van der Waals surface area contributed by atoms with Crippen LogP contribution in [0, 0.1) is 0 Å². The molecule has 7 nitrogen and oxygen atoms in total. The van der Waals surface area contributed by atoms with E-state index < -0.39 is 5.54 Å². The zero-order valence-corrected chi connectivity index (χ0v) is 14.8. The number of halogens is 1. The molecule has 136 valence electrons. The maximum Gasteiger partial charge on any atom is 0.290 e. The Morgan fingerprint density at radius 3 is 2.80 bits per heavy atom. The molecule has 4 rings (SSSR count). The molecule has 1 aliphatic heterocycles. The van der Waals surface area contributed by atoms with E-state index in [0.717, 1.165) is 44.9 Å². The number of likely N-dealkylation sites (tertiary alicyclic amines) is 1. The predicted octanol–water partition coefficient (Wildman–Crippen LogP) is 3.18. The highest BCUT2D eigenvalue weighted by Gasteiger charge is 2.39. The summed E-state index contributed by atoms with van der Waals surface area (Å²) in [5.41, 5.74) is 5.93. The summed E-state index contributed by atoms with van der Waals surface area (Å²) in [5.74, 6) is 1.27. The molecule has 1 amide bonds. The second-order valence-electron chi connectivity index (χ2n) is 6.81. The largest absolute Gasteiger partial charge is 0.459 e. The van der Waals surface area contributed by atoms with Gasteiger partial charge in [0.2, 0.25) is 5.89 Å². The summed E-state index contributed by atoms with van der Waals surface area (Å²) in [6.07, 6.45) is 8.25. The third kappa shape index (κ3) is 3.30. The van der Waals surface area contributed by atoms with Crippen LogP contribution in [0.3, 0.4) is 0 Å². The molecular weight excluding hydrogens is 344 g/mol. The second-order valence-corrected chi connectivity index (χ2v) is 6.81. The Hall–Kier alpha value is -1.86. The summed E-state index contributed by atoms with van der Waals surface area (Å²) < 4.78 is 10.8. The fraction of sp³-hybridized carbons (Fsp3) is 0.588. The highest BCUT2D eigenvalue weighted by Crippen LogP contribution is 2.37. The molecule has 0 bridgehead atoms. The Morgan fingerprint density at radius 2 is 2.08 bits per heavy atom. The maximum atomic E-state index is 12.7. The number of furan rings is 1. The predicted molar refractivity (Wildman–Crippen MR) is 92.2 cm³/mol. The summed E-state index contributed by atoms with van der Waals surface area (Å²) in [7, 11) is 0. The highest BCUT2D eigenvalue weighted by molar-refractivity contribution is 5.91. The van der Waals surface area contributed by atoms with E-state index >= 15 is 0 Å². The first-order valence-corrected chi connectivity index (χ1v) is 8.65. The summed E-state index contributed by atoms with van der Waals surface area (Å²) in [6.45, 7) is 0.662. The average molecular weight is 367 g/mol. The van der Waals surface area contributed by atoms with Gasteiger partial charge in [0.1, 0.15) is 6.04 Å². The lowest BCUT2D eigenvalue weighted by molar-refractivity contribution is 0.0529. The summed E-state index contributed by atoms with van der Waals surface area (Å²) >= 11 is 0. The Morgan fingerprint density at radius 1 is 1.28 bits per heavy atom. The molecule has 2 aromatic rings. The number of carbonyl (C=O) groups is 1. The number of hydrogen-bond donors (Lipinski definition) is 1. The molecule has 0 aromatic carbocycles. The van der Waals surface area contributed by atoms with E-state index in [1.807, 2.05) is 0 Å². The summed E-state index contributed by atoms with van der Waals surface area (Å²) in [6, 6.07) is 3.19. The van der Waals surface area contributed by atoms with E-state index in [-0.39, 0.29) is 24.4 Å². The van der Waals surface area contributed by atoms with Gasteiger partial charge in [-0.15, -0.1) is 12.4 Å². The minimum Gasteiger partial charge on any atom is -0.459 e. The normalized spacial score (nSPS) is 22.6. The number of carbonyl (C=O) groups excluding carboxylic acids is 1. The number of amides is 1. The van der Waals surface area contributed by atoms with E-state index in [9.17, 15) is 4.79 Å². The first-order chi connectivity index (χ1) is 11.7. The number of rotatable bonds is 3. The molecule has 0 spiro atoms. The third-order valence-corrected chi connectivity index (χ3v) is 5.16. The number of aromatic nitrogens is 2. The zero-order chi connectivity index (χ0) is 16.6. The van der Waals surface area contributed by atoms with Crippen LogP contribution >= 0.6 is 12.4 Å². The van der Waals surface area contributed by atoms with Crippen molar-refractivity contribution < 1.29 is 13.7 Å². The fourth-order valence-corrected chi connectivity index (χ4v) is 3.78. The van der Waals surface area contributed by atoms with Gasteiger partial charge in [0.25, 0.3) is 5.91 Å². The van der Waals surface area contributed by atoms with Gasteiger partial charge < -0.3 is 19.6 Å². The Kier molecular flexibility index (Phi) is 5.15. The second kappa shape index (κ2) is 7.17. The molecular formula is C17H23ClN4O3. The Bertz CT molecular complexity index is 709. The molecule has 1 atom stereocenters. The summed E-state index contributed by atoms with van der Waals surface area (Å²) in [5, 5.41) is 4.13. The standard InChI is InChI=1S/C17H22N4O3.ClH/c18-17(8-2-3-9-17)16-19-14(24-20-16)12-6-1-4-10-21(12)15(22)13-7-5-11-23-13;/h5,7,11-12H,1-4,6,8-10,18H2;1H. The van der Waals surface area contributed by atoms with Crippen LogP contribution in [0.1, 0.15) is 73.3 Å². The molecule has 0 radical (unpaired) electrons. The van der Waals surface area contributed by atoms with Crippen molar-refractivity contribution in [2.75, 3.05) is 6.54 Å². The van der Waals surface area contributed by atoms with Crippen LogP contribution in [-0.4, -0.2) is 27.5 Å². The number of hydrogen-bond acceptors (Lipinski definition) is 6. The molecule has 25 heavy (non-hydrogen) atoms. The van der Waals surface area contributed by atoms with Gasteiger partial charge in [-0.25, -0.2) is 0 Å². The van der Waals surface area contributed by atoms with Gasteiger partial charge in [-0.05, 0) is 44.2 Å². The van der Waals surface area contributed by atoms with Crippen molar-refractivity contribution in [3.05, 3.63) is 35.9 Å². The molecule has 3 heterocycles. The smallest absolute Gasteiger partial charge is 0.290 e. The van der Waals surface area contributed by atoms with E-state index in [1.54, 1.807) is 17.0 Å². The van der Waals surface area contributed by atoms with Crippen molar-refractivity contribution in [3.63, 3.8) is 0 Å². The van der Waals surface area contributed by atoms with Gasteiger partial charge in [0, 0.05) is 6.54 Å². The van der Waals surface area contributed by atoms with Gasteiger partial charge in [0.15, 0.2) is 11.6 Å². The molecule has 1 saturated carbocycles. The topological polar surface area (TPSA) is 98.4 Å². The maximum absolute atomic E-state index is 12.7. The van der Waals surface area contributed by atoms with Crippen LogP contribution in [0.2, 0.25) is 0 Å². The fourth-order valence-electron chi connectivity index (χ4n) is 3.78. The Labute approximate surface area is 152 Å². The van der Waals surface area contributed by atoms with Gasteiger partial charge in [0.05, 0.1) is 11.8 Å². The highest BCUT2D eigenvalue weighted by atomic mass is 35.5. The molecule has 8 heteroatoms. The minimum atomic E-state index is -0.480. The lowest BCUT2D eigenvalue weighted by Gasteiger charge is -2.32. The first-order valence-electron chi connectivity index (χ1n) is 8.65. The minimum absolute atomic E-state index is 0. The number of nitrogens with two attached hydrogens (primary N) is 1. The van der Waals surface area contributed by atoms with E-state index in [2.05, 4.69) is 10.1 Å². The van der Waals surface area contributed by atoms with Crippen LogP contribution in [0.15, 0.2) is 27.3 Å². The molecule has 1 aliphatic carbocycles. The molecule has 2 aromatic heterocycles. The molecule has 1 unspecified atom stereocenters. The SMILES string of the molecule is Cl.NC1(c2noc(C3CCCCN3C(=O)c3ccco3)n2)CCCC1. The van der Waals surface area contributed by atoms with E-state index in [0.29, 0.717) is 24.0 Å². The van der Waals surface area contributed by atoms with Gasteiger partial charge in [-0.1, -0.05) is 18.0 Å². The van der Waals surface area contributed by atoms with Crippen molar-refractivity contribution in [3.8, 4) is 0 Å². The van der Waals surface area contributed by atoms with Gasteiger partial charge in [-0.2, -0.15) is 4.98 Å². The average Bonchev–Trinajstić information content (AvgIpc) is 3.35. The van der Waals surface area contributed by atoms with Crippen LogP contribution in [0.4, 0.5) is 0 Å². The molecule has 1 saturated heterocycles. The van der Waals surface area contributed by atoms with Crippen molar-refractivity contribution in [2.45, 2.75) is 56.5 Å². The van der Waals surface area contributed by atoms with Crippen LogP contribution < -0.4 is 5.73 Å². The van der Waals surface area contributed by atoms with E-state index in [4.69, 9.17) is 14.7 Å². The zero-order valence-electron chi connectivity index (χ0n) is 14.0. The monoisotopic (exact) mass is 366 g/mol.